The lowest BCUT2D eigenvalue weighted by atomic mass is 9.97. The van der Waals surface area contributed by atoms with E-state index in [1.807, 2.05) is 12.1 Å². The minimum atomic E-state index is -0.497. The number of anilines is 3. The van der Waals surface area contributed by atoms with E-state index in [4.69, 9.17) is 10.5 Å². The Morgan fingerprint density at radius 1 is 1.12 bits per heavy atom. The van der Waals surface area contributed by atoms with Gasteiger partial charge in [-0.2, -0.15) is 4.98 Å². The number of halogens is 1. The number of aromatic amines is 1. The molecule has 176 valence electrons. The third kappa shape index (κ3) is 4.65. The first-order valence-corrected chi connectivity index (χ1v) is 11.5. The van der Waals surface area contributed by atoms with E-state index >= 15 is 0 Å². The maximum Gasteiger partial charge on any atom is 0.222 e. The van der Waals surface area contributed by atoms with Gasteiger partial charge in [-0.05, 0) is 51.0 Å². The largest absolute Gasteiger partial charge is 0.453 e. The summed E-state index contributed by atoms with van der Waals surface area (Å²) in [5.41, 5.74) is 8.04. The number of nitrogens with zero attached hydrogens (tertiary/aromatic N) is 4. The van der Waals surface area contributed by atoms with Crippen molar-refractivity contribution in [1.82, 2.24) is 24.8 Å². The summed E-state index contributed by atoms with van der Waals surface area (Å²) in [6.45, 7) is 5.20. The van der Waals surface area contributed by atoms with E-state index in [9.17, 15) is 4.39 Å². The summed E-state index contributed by atoms with van der Waals surface area (Å²) in [4.78, 5) is 18.4. The zero-order chi connectivity index (χ0) is 23.7. The number of fused-ring (bicyclic) bond motifs is 1. The van der Waals surface area contributed by atoms with E-state index in [-0.39, 0.29) is 11.7 Å². The van der Waals surface area contributed by atoms with E-state index in [0.29, 0.717) is 41.5 Å². The third-order valence-corrected chi connectivity index (χ3v) is 6.36. The fourth-order valence-electron chi connectivity index (χ4n) is 4.59. The van der Waals surface area contributed by atoms with Crippen molar-refractivity contribution in [2.24, 2.45) is 0 Å². The summed E-state index contributed by atoms with van der Waals surface area (Å²) in [6.07, 6.45) is 6.99. The quantitative estimate of drug-likeness (QED) is 0.354. The Hall–Kier alpha value is -3.72. The smallest absolute Gasteiger partial charge is 0.222 e. The topological polar surface area (TPSA) is 105 Å². The second-order valence-electron chi connectivity index (χ2n) is 8.83. The predicted octanol–water partition coefficient (Wildman–Crippen LogP) is 5.37. The molecule has 0 bridgehead atoms. The maximum absolute atomic E-state index is 14.9. The van der Waals surface area contributed by atoms with Crippen LogP contribution >= 0.6 is 0 Å². The number of pyridine rings is 1. The molecule has 2 unspecified atom stereocenters. The number of benzene rings is 1. The number of hydrogen-bond donors (Lipinski definition) is 3. The van der Waals surface area contributed by atoms with Crippen molar-refractivity contribution in [3.63, 3.8) is 0 Å². The lowest BCUT2D eigenvalue weighted by Crippen LogP contribution is -2.43. The monoisotopic (exact) mass is 461 g/mol. The Bertz CT molecular complexity index is 1300. The van der Waals surface area contributed by atoms with E-state index < -0.39 is 5.82 Å². The average Bonchev–Trinajstić information content (AvgIpc) is 3.28. The number of piperidine rings is 1. The normalized spacial score (nSPS) is 18.8. The second kappa shape index (κ2) is 9.26. The van der Waals surface area contributed by atoms with Gasteiger partial charge in [0.05, 0.1) is 11.1 Å². The molecule has 0 saturated carbocycles. The van der Waals surface area contributed by atoms with Crippen LogP contribution in [0.2, 0.25) is 0 Å². The van der Waals surface area contributed by atoms with Crippen LogP contribution in [0.15, 0.2) is 48.8 Å². The molecular formula is C25H28FN7O. The first-order valence-electron chi connectivity index (χ1n) is 11.5. The molecule has 2 atom stereocenters. The SMILES string of the molecule is CC1CCCC(C)N1Cc1cc(Nc2ccc(Oc3ccnc4[nH]ccc34)c(F)c2)nc(N)n1. The Kier molecular flexibility index (Phi) is 6.02. The predicted molar refractivity (Wildman–Crippen MR) is 131 cm³/mol. The average molecular weight is 462 g/mol. The molecule has 0 spiro atoms. The first-order chi connectivity index (χ1) is 16.5. The molecule has 9 heteroatoms. The molecule has 1 saturated heterocycles. The fourth-order valence-corrected chi connectivity index (χ4v) is 4.59. The third-order valence-electron chi connectivity index (χ3n) is 6.36. The molecule has 1 fully saturated rings. The van der Waals surface area contributed by atoms with Crippen molar-refractivity contribution in [2.45, 2.75) is 51.7 Å². The minimum absolute atomic E-state index is 0.121. The molecule has 3 aromatic heterocycles. The fraction of sp³-hybridized carbons (Fsp3) is 0.320. The Morgan fingerprint density at radius 2 is 1.94 bits per heavy atom. The van der Waals surface area contributed by atoms with Crippen molar-refractivity contribution < 1.29 is 9.13 Å². The number of ether oxygens (including phenoxy) is 1. The molecule has 4 N–H and O–H groups in total. The Labute approximate surface area is 197 Å². The summed E-state index contributed by atoms with van der Waals surface area (Å²) in [6, 6.07) is 11.1. The van der Waals surface area contributed by atoms with Crippen LogP contribution in [0, 0.1) is 5.82 Å². The van der Waals surface area contributed by atoms with Crippen molar-refractivity contribution in [1.29, 1.82) is 0 Å². The molecular weight excluding hydrogens is 433 g/mol. The standard InChI is InChI=1S/C25H28FN7O/c1-15-4-3-5-16(2)33(15)14-18-13-23(32-25(27)31-18)30-17-6-7-22(20(26)12-17)34-21-9-11-29-24-19(21)8-10-28-24/h6-13,15-16H,3-5,14H2,1-2H3,(H,28,29)(H3,27,30,31,32). The second-order valence-corrected chi connectivity index (χ2v) is 8.83. The van der Waals surface area contributed by atoms with Crippen LogP contribution in [-0.2, 0) is 6.54 Å². The highest BCUT2D eigenvalue weighted by Gasteiger charge is 2.25. The van der Waals surface area contributed by atoms with Crippen molar-refractivity contribution >= 4 is 28.5 Å². The summed E-state index contributed by atoms with van der Waals surface area (Å²) in [5.74, 6) is 0.862. The van der Waals surface area contributed by atoms with Gasteiger partial charge in [-0.3, -0.25) is 4.90 Å². The number of nitrogen functional groups attached to an aromatic ring is 1. The van der Waals surface area contributed by atoms with Crippen LogP contribution in [0.5, 0.6) is 11.5 Å². The van der Waals surface area contributed by atoms with Crippen LogP contribution in [0.1, 0.15) is 38.8 Å². The minimum Gasteiger partial charge on any atom is -0.453 e. The molecule has 8 nitrogen and oxygen atoms in total. The van der Waals surface area contributed by atoms with Crippen LogP contribution < -0.4 is 15.8 Å². The van der Waals surface area contributed by atoms with Gasteiger partial charge in [-0.15, -0.1) is 0 Å². The molecule has 1 aliphatic heterocycles. The summed E-state index contributed by atoms with van der Waals surface area (Å²) < 4.78 is 20.7. The Morgan fingerprint density at radius 3 is 2.74 bits per heavy atom. The molecule has 34 heavy (non-hydrogen) atoms. The lowest BCUT2D eigenvalue weighted by molar-refractivity contribution is 0.0938. The summed E-state index contributed by atoms with van der Waals surface area (Å²) in [5, 5.41) is 3.92. The van der Waals surface area contributed by atoms with Gasteiger partial charge in [-0.25, -0.2) is 14.4 Å². The highest BCUT2D eigenvalue weighted by molar-refractivity contribution is 5.82. The number of nitrogens with two attached hydrogens (primary N) is 1. The van der Waals surface area contributed by atoms with Gasteiger partial charge < -0.3 is 20.8 Å². The van der Waals surface area contributed by atoms with Gasteiger partial charge >= 0.3 is 0 Å². The van der Waals surface area contributed by atoms with E-state index in [0.717, 1.165) is 11.1 Å². The summed E-state index contributed by atoms with van der Waals surface area (Å²) >= 11 is 0. The van der Waals surface area contributed by atoms with Gasteiger partial charge in [0.15, 0.2) is 11.6 Å². The number of aromatic nitrogens is 4. The van der Waals surface area contributed by atoms with E-state index in [1.165, 1.54) is 25.3 Å². The zero-order valence-electron chi connectivity index (χ0n) is 19.3. The number of nitrogens with one attached hydrogen (secondary N) is 2. The zero-order valence-corrected chi connectivity index (χ0v) is 19.3. The van der Waals surface area contributed by atoms with Crippen LogP contribution in [0.4, 0.5) is 21.8 Å². The van der Waals surface area contributed by atoms with Gasteiger partial charge in [0.2, 0.25) is 5.95 Å². The number of likely N-dealkylation sites (tertiary alicyclic amines) is 1. The lowest BCUT2D eigenvalue weighted by Gasteiger charge is -2.38. The summed E-state index contributed by atoms with van der Waals surface area (Å²) in [7, 11) is 0. The van der Waals surface area contributed by atoms with Gasteiger partial charge in [0.1, 0.15) is 17.2 Å². The highest BCUT2D eigenvalue weighted by atomic mass is 19.1. The maximum atomic E-state index is 14.9. The number of hydrogen-bond acceptors (Lipinski definition) is 7. The molecule has 0 radical (unpaired) electrons. The van der Waals surface area contributed by atoms with Crippen LogP contribution in [0.25, 0.3) is 11.0 Å². The molecule has 4 aromatic rings. The molecule has 0 aliphatic carbocycles. The van der Waals surface area contributed by atoms with Crippen molar-refractivity contribution in [2.75, 3.05) is 11.1 Å². The van der Waals surface area contributed by atoms with E-state index in [2.05, 4.69) is 44.0 Å². The Balaban J connectivity index is 1.32. The van der Waals surface area contributed by atoms with Gasteiger partial charge in [0, 0.05) is 48.8 Å². The first kappa shape index (κ1) is 22.1. The number of H-pyrrole nitrogens is 1. The van der Waals surface area contributed by atoms with Crippen molar-refractivity contribution in [3.05, 3.63) is 60.3 Å². The van der Waals surface area contributed by atoms with Crippen LogP contribution in [0.3, 0.4) is 0 Å². The molecule has 0 amide bonds. The van der Waals surface area contributed by atoms with E-state index in [1.54, 1.807) is 30.6 Å². The highest BCUT2D eigenvalue weighted by Crippen LogP contribution is 2.32. The van der Waals surface area contributed by atoms with Crippen LogP contribution in [-0.4, -0.2) is 36.9 Å². The van der Waals surface area contributed by atoms with Gasteiger partial charge in [0.25, 0.3) is 0 Å². The van der Waals surface area contributed by atoms with Gasteiger partial charge in [-0.1, -0.05) is 6.42 Å². The molecule has 5 rings (SSSR count). The molecule has 4 heterocycles. The van der Waals surface area contributed by atoms with Crippen molar-refractivity contribution in [3.8, 4) is 11.5 Å². The number of rotatable bonds is 6. The molecule has 1 aromatic carbocycles. The molecule has 1 aliphatic rings.